The number of methoxy groups -OCH3 is 1. The molecule has 0 fully saturated rings. The molecule has 0 amide bonds. The maximum absolute atomic E-state index is 6.13. The molecule has 21 heavy (non-hydrogen) atoms. The minimum Gasteiger partial charge on any atom is -0.487 e. The fourth-order valence-electron chi connectivity index (χ4n) is 2.67. The van der Waals surface area contributed by atoms with Crippen molar-refractivity contribution in [2.24, 2.45) is 0 Å². The third-order valence-electron chi connectivity index (χ3n) is 3.77. The molecule has 1 heterocycles. The van der Waals surface area contributed by atoms with Gasteiger partial charge >= 0.3 is 0 Å². The number of hydrogen-bond donors (Lipinski definition) is 1. The molecule has 1 N–H and O–H groups in total. The maximum atomic E-state index is 6.13. The number of fused-ring (bicyclic) bond motifs is 1. The molecule has 0 atom stereocenters. The molecule has 1 aliphatic heterocycles. The average Bonchev–Trinajstić information content (AvgIpc) is 2.77. The van der Waals surface area contributed by atoms with Gasteiger partial charge in [-0.05, 0) is 25.8 Å². The van der Waals surface area contributed by atoms with Gasteiger partial charge < -0.3 is 14.8 Å². The number of para-hydroxylation sites is 1. The van der Waals surface area contributed by atoms with Gasteiger partial charge in [-0.15, -0.1) is 0 Å². The van der Waals surface area contributed by atoms with Gasteiger partial charge in [0.1, 0.15) is 11.4 Å². The van der Waals surface area contributed by atoms with E-state index in [1.165, 1.54) is 16.7 Å². The Bertz CT molecular complexity index is 506. The highest BCUT2D eigenvalue weighted by Gasteiger charge is 2.31. The summed E-state index contributed by atoms with van der Waals surface area (Å²) in [5.41, 5.74) is 3.81. The van der Waals surface area contributed by atoms with E-state index in [4.69, 9.17) is 9.47 Å². The standard InChI is InChI=1S/C18H27NO2/c1-5-14(13-19-9-10-20-4)11-15-7-6-8-16-12-18(2,3)21-17(15)16/h6-8,11,19H,5,9-10,12-13H2,1-4H3. The summed E-state index contributed by atoms with van der Waals surface area (Å²) >= 11 is 0. The molecule has 2 rings (SSSR count). The summed E-state index contributed by atoms with van der Waals surface area (Å²) in [6.07, 6.45) is 4.28. The van der Waals surface area contributed by atoms with Gasteiger partial charge in [-0.3, -0.25) is 0 Å². The zero-order valence-electron chi connectivity index (χ0n) is 13.7. The Morgan fingerprint density at radius 2 is 2.24 bits per heavy atom. The molecule has 116 valence electrons. The van der Waals surface area contributed by atoms with Crippen LogP contribution in [0.4, 0.5) is 0 Å². The van der Waals surface area contributed by atoms with E-state index in [0.717, 1.165) is 38.3 Å². The van der Waals surface area contributed by atoms with Crippen molar-refractivity contribution in [2.45, 2.75) is 39.2 Å². The van der Waals surface area contributed by atoms with E-state index in [1.54, 1.807) is 7.11 Å². The van der Waals surface area contributed by atoms with Gasteiger partial charge in [0.05, 0.1) is 6.61 Å². The molecule has 0 saturated heterocycles. The van der Waals surface area contributed by atoms with Gasteiger partial charge in [-0.1, -0.05) is 36.8 Å². The van der Waals surface area contributed by atoms with Crippen LogP contribution in [0.15, 0.2) is 23.8 Å². The number of rotatable bonds is 7. The summed E-state index contributed by atoms with van der Waals surface area (Å²) in [7, 11) is 1.73. The first-order valence-electron chi connectivity index (χ1n) is 7.75. The largest absolute Gasteiger partial charge is 0.487 e. The number of ether oxygens (including phenoxy) is 2. The van der Waals surface area contributed by atoms with Crippen molar-refractivity contribution < 1.29 is 9.47 Å². The van der Waals surface area contributed by atoms with Crippen LogP contribution in [-0.4, -0.2) is 32.4 Å². The summed E-state index contributed by atoms with van der Waals surface area (Å²) in [6, 6.07) is 6.44. The Morgan fingerprint density at radius 1 is 1.43 bits per heavy atom. The van der Waals surface area contributed by atoms with E-state index in [2.05, 4.69) is 50.4 Å². The van der Waals surface area contributed by atoms with E-state index in [9.17, 15) is 0 Å². The molecule has 3 heteroatoms. The molecule has 1 aliphatic rings. The second-order valence-electron chi connectivity index (χ2n) is 6.20. The van der Waals surface area contributed by atoms with Gasteiger partial charge in [0.15, 0.2) is 0 Å². The number of benzene rings is 1. The summed E-state index contributed by atoms with van der Waals surface area (Å²) in [5, 5.41) is 3.41. The minimum atomic E-state index is -0.0879. The molecule has 0 saturated carbocycles. The molecule has 0 spiro atoms. The fraction of sp³-hybridized carbons (Fsp3) is 0.556. The number of nitrogens with one attached hydrogen (secondary N) is 1. The predicted molar refractivity (Wildman–Crippen MR) is 87.9 cm³/mol. The van der Waals surface area contributed by atoms with Crippen molar-refractivity contribution in [2.75, 3.05) is 26.8 Å². The van der Waals surface area contributed by atoms with Crippen LogP contribution in [0.25, 0.3) is 6.08 Å². The second kappa shape index (κ2) is 7.10. The monoisotopic (exact) mass is 289 g/mol. The SMILES string of the molecule is CCC(=Cc1cccc2c1OC(C)(C)C2)CNCCOC. The molecule has 3 nitrogen and oxygen atoms in total. The molecule has 1 aromatic carbocycles. The van der Waals surface area contributed by atoms with E-state index in [1.807, 2.05) is 0 Å². The minimum absolute atomic E-state index is 0.0879. The fourth-order valence-corrected chi connectivity index (χ4v) is 2.67. The molecule has 0 unspecified atom stereocenters. The summed E-state index contributed by atoms with van der Waals surface area (Å²) in [4.78, 5) is 0. The van der Waals surface area contributed by atoms with Gasteiger partial charge in [0.25, 0.3) is 0 Å². The lowest BCUT2D eigenvalue weighted by molar-refractivity contribution is 0.138. The molecule has 0 aliphatic carbocycles. The van der Waals surface area contributed by atoms with Crippen LogP contribution in [-0.2, 0) is 11.2 Å². The Morgan fingerprint density at radius 3 is 2.95 bits per heavy atom. The van der Waals surface area contributed by atoms with Crippen molar-refractivity contribution in [3.8, 4) is 5.75 Å². The topological polar surface area (TPSA) is 30.5 Å². The molecule has 0 aromatic heterocycles. The maximum Gasteiger partial charge on any atom is 0.130 e. The van der Waals surface area contributed by atoms with E-state index in [-0.39, 0.29) is 5.60 Å². The van der Waals surface area contributed by atoms with Crippen molar-refractivity contribution in [3.63, 3.8) is 0 Å². The van der Waals surface area contributed by atoms with Crippen molar-refractivity contribution in [1.82, 2.24) is 5.32 Å². The lowest BCUT2D eigenvalue weighted by Crippen LogP contribution is -2.24. The molecular formula is C18H27NO2. The van der Waals surface area contributed by atoms with Crippen LogP contribution >= 0.6 is 0 Å². The van der Waals surface area contributed by atoms with Crippen molar-refractivity contribution in [1.29, 1.82) is 0 Å². The van der Waals surface area contributed by atoms with E-state index in [0.29, 0.717) is 0 Å². The third kappa shape index (κ3) is 4.32. The smallest absolute Gasteiger partial charge is 0.130 e. The van der Waals surface area contributed by atoms with E-state index < -0.39 is 0 Å². The van der Waals surface area contributed by atoms with Gasteiger partial charge in [0.2, 0.25) is 0 Å². The van der Waals surface area contributed by atoms with Crippen molar-refractivity contribution in [3.05, 3.63) is 34.9 Å². The lowest BCUT2D eigenvalue weighted by atomic mass is 9.99. The molecule has 1 aromatic rings. The highest BCUT2D eigenvalue weighted by atomic mass is 16.5. The summed E-state index contributed by atoms with van der Waals surface area (Å²) in [5.74, 6) is 1.06. The second-order valence-corrected chi connectivity index (χ2v) is 6.20. The predicted octanol–water partition coefficient (Wildman–Crippen LogP) is 3.43. The van der Waals surface area contributed by atoms with Crippen LogP contribution in [0, 0.1) is 0 Å². The highest BCUT2D eigenvalue weighted by molar-refractivity contribution is 5.63. The average molecular weight is 289 g/mol. The quantitative estimate of drug-likeness (QED) is 0.780. The molecule has 0 radical (unpaired) electrons. The Balaban J connectivity index is 2.11. The first-order valence-corrected chi connectivity index (χ1v) is 7.75. The summed E-state index contributed by atoms with van der Waals surface area (Å²) in [6.45, 7) is 9.01. The van der Waals surface area contributed by atoms with Crippen LogP contribution in [0.5, 0.6) is 5.75 Å². The Kier molecular flexibility index (Phi) is 5.43. The summed E-state index contributed by atoms with van der Waals surface area (Å²) < 4.78 is 11.2. The van der Waals surface area contributed by atoms with Gasteiger partial charge in [-0.25, -0.2) is 0 Å². The van der Waals surface area contributed by atoms with Gasteiger partial charge in [0, 0.05) is 32.2 Å². The highest BCUT2D eigenvalue weighted by Crippen LogP contribution is 2.38. The molecular weight excluding hydrogens is 262 g/mol. The third-order valence-corrected chi connectivity index (χ3v) is 3.77. The Hall–Kier alpha value is -1.32. The van der Waals surface area contributed by atoms with Crippen LogP contribution in [0.2, 0.25) is 0 Å². The van der Waals surface area contributed by atoms with Gasteiger partial charge in [-0.2, -0.15) is 0 Å². The van der Waals surface area contributed by atoms with Crippen LogP contribution < -0.4 is 10.1 Å². The zero-order valence-corrected chi connectivity index (χ0v) is 13.7. The molecule has 0 bridgehead atoms. The first kappa shape index (κ1) is 16.1. The normalized spacial score (nSPS) is 16.7. The van der Waals surface area contributed by atoms with Crippen LogP contribution in [0.1, 0.15) is 38.3 Å². The lowest BCUT2D eigenvalue weighted by Gasteiger charge is -2.18. The Labute approximate surface area is 128 Å². The van der Waals surface area contributed by atoms with Crippen LogP contribution in [0.3, 0.4) is 0 Å². The zero-order chi connectivity index (χ0) is 15.3. The number of hydrogen-bond acceptors (Lipinski definition) is 3. The van der Waals surface area contributed by atoms with E-state index >= 15 is 0 Å². The van der Waals surface area contributed by atoms with Crippen molar-refractivity contribution >= 4 is 6.08 Å². The first-order chi connectivity index (χ1) is 10.1.